The zero-order valence-electron chi connectivity index (χ0n) is 11.2. The van der Waals surface area contributed by atoms with E-state index in [1.165, 1.54) is 11.3 Å². The summed E-state index contributed by atoms with van der Waals surface area (Å²) >= 11 is 7.43. The maximum absolute atomic E-state index is 12.2. The molecule has 1 aliphatic rings. The number of hydrogen-bond acceptors (Lipinski definition) is 4. The molecular formula is C15H14ClNO2S. The van der Waals surface area contributed by atoms with Gasteiger partial charge in [0.1, 0.15) is 10.8 Å². The molecule has 1 heterocycles. The largest absolute Gasteiger partial charge is 0.506 e. The Bertz CT molecular complexity index is 685. The minimum absolute atomic E-state index is 0.0842. The molecule has 1 N–H and O–H groups in total. The van der Waals surface area contributed by atoms with E-state index in [2.05, 4.69) is 4.98 Å². The molecule has 3 rings (SSSR count). The van der Waals surface area contributed by atoms with Crippen LogP contribution in [0.15, 0.2) is 12.1 Å². The molecular weight excluding hydrogens is 294 g/mol. The second-order valence-corrected chi connectivity index (χ2v) is 6.63. The predicted octanol–water partition coefficient (Wildman–Crippen LogP) is 4.24. The van der Waals surface area contributed by atoms with Gasteiger partial charge in [0, 0.05) is 11.5 Å². The second kappa shape index (κ2) is 4.86. The van der Waals surface area contributed by atoms with E-state index in [-0.39, 0.29) is 17.5 Å². The number of thiazole rings is 1. The van der Waals surface area contributed by atoms with Crippen molar-refractivity contribution in [1.82, 2.24) is 4.98 Å². The quantitative estimate of drug-likeness (QED) is 0.857. The molecule has 0 bridgehead atoms. The van der Waals surface area contributed by atoms with E-state index >= 15 is 0 Å². The summed E-state index contributed by atoms with van der Waals surface area (Å²) in [6.45, 7) is 3.76. The van der Waals surface area contributed by atoms with Crippen LogP contribution in [0.3, 0.4) is 0 Å². The van der Waals surface area contributed by atoms with Crippen LogP contribution >= 0.6 is 22.9 Å². The monoisotopic (exact) mass is 307 g/mol. The molecule has 2 aromatic rings. The van der Waals surface area contributed by atoms with Crippen LogP contribution in [-0.4, -0.2) is 15.9 Å². The SMILES string of the molecule is Cc1cc(-c2nc3c(s2)C(=O)C(C)CC3)cc(Cl)c1O. The van der Waals surface area contributed by atoms with Crippen LogP contribution in [0.1, 0.15) is 34.3 Å². The van der Waals surface area contributed by atoms with Gasteiger partial charge in [0.15, 0.2) is 5.78 Å². The molecule has 0 fully saturated rings. The zero-order valence-corrected chi connectivity index (χ0v) is 12.8. The smallest absolute Gasteiger partial charge is 0.177 e. The fourth-order valence-electron chi connectivity index (χ4n) is 2.41. The number of ketones is 1. The Morgan fingerprint density at radius 1 is 1.45 bits per heavy atom. The highest BCUT2D eigenvalue weighted by molar-refractivity contribution is 7.17. The van der Waals surface area contributed by atoms with E-state index in [1.54, 1.807) is 13.0 Å². The number of phenols is 1. The number of benzene rings is 1. The average molecular weight is 308 g/mol. The maximum Gasteiger partial charge on any atom is 0.177 e. The Morgan fingerprint density at radius 3 is 2.90 bits per heavy atom. The number of aromatic nitrogens is 1. The van der Waals surface area contributed by atoms with Crippen LogP contribution in [0.25, 0.3) is 10.6 Å². The number of halogens is 1. The highest BCUT2D eigenvalue weighted by Gasteiger charge is 2.28. The van der Waals surface area contributed by atoms with Gasteiger partial charge in [-0.15, -0.1) is 11.3 Å². The summed E-state index contributed by atoms with van der Waals surface area (Å²) in [5.41, 5.74) is 2.46. The summed E-state index contributed by atoms with van der Waals surface area (Å²) in [5, 5.41) is 10.8. The van der Waals surface area contributed by atoms with Crippen molar-refractivity contribution in [3.63, 3.8) is 0 Å². The molecule has 0 aliphatic heterocycles. The number of rotatable bonds is 1. The van der Waals surface area contributed by atoms with Gasteiger partial charge in [-0.25, -0.2) is 4.98 Å². The molecule has 0 radical (unpaired) electrons. The Kier molecular flexibility index (Phi) is 3.30. The molecule has 3 nitrogen and oxygen atoms in total. The van der Waals surface area contributed by atoms with Crippen molar-refractivity contribution in [1.29, 1.82) is 0 Å². The van der Waals surface area contributed by atoms with Crippen LogP contribution in [0, 0.1) is 12.8 Å². The molecule has 0 amide bonds. The van der Waals surface area contributed by atoms with Gasteiger partial charge in [-0.1, -0.05) is 18.5 Å². The minimum Gasteiger partial charge on any atom is -0.506 e. The lowest BCUT2D eigenvalue weighted by molar-refractivity contribution is 0.0917. The number of aryl methyl sites for hydroxylation is 2. The first kappa shape index (κ1) is 13.6. The number of Topliss-reactive ketones (excluding diaryl/α,β-unsaturated/α-hetero) is 1. The molecule has 0 saturated carbocycles. The molecule has 1 aromatic heterocycles. The molecule has 0 spiro atoms. The number of carbonyl (C=O) groups excluding carboxylic acids is 1. The van der Waals surface area contributed by atoms with Crippen LogP contribution in [0.5, 0.6) is 5.75 Å². The zero-order chi connectivity index (χ0) is 14.4. The van der Waals surface area contributed by atoms with Gasteiger partial charge >= 0.3 is 0 Å². The Hall–Kier alpha value is -1.39. The Morgan fingerprint density at radius 2 is 2.20 bits per heavy atom. The van der Waals surface area contributed by atoms with Gasteiger partial charge in [-0.3, -0.25) is 4.79 Å². The molecule has 1 aromatic carbocycles. The normalized spacial score (nSPS) is 18.1. The van der Waals surface area contributed by atoms with Crippen molar-refractivity contribution in [3.8, 4) is 16.3 Å². The Labute approximate surface area is 126 Å². The van der Waals surface area contributed by atoms with E-state index in [1.807, 2.05) is 13.0 Å². The van der Waals surface area contributed by atoms with Gasteiger partial charge in [-0.05, 0) is 37.5 Å². The summed E-state index contributed by atoms with van der Waals surface area (Å²) in [6.07, 6.45) is 1.72. The topological polar surface area (TPSA) is 50.2 Å². The highest BCUT2D eigenvalue weighted by Crippen LogP contribution is 2.38. The van der Waals surface area contributed by atoms with Crippen molar-refractivity contribution >= 4 is 28.7 Å². The van der Waals surface area contributed by atoms with Crippen LogP contribution in [-0.2, 0) is 6.42 Å². The van der Waals surface area contributed by atoms with Crippen molar-refractivity contribution in [3.05, 3.63) is 33.3 Å². The highest BCUT2D eigenvalue weighted by atomic mass is 35.5. The van der Waals surface area contributed by atoms with Crippen LogP contribution < -0.4 is 0 Å². The number of aromatic hydroxyl groups is 1. The van der Waals surface area contributed by atoms with E-state index in [0.29, 0.717) is 10.6 Å². The number of carbonyl (C=O) groups is 1. The first-order valence-electron chi connectivity index (χ1n) is 6.50. The fraction of sp³-hybridized carbons (Fsp3) is 0.333. The lowest BCUT2D eigenvalue weighted by atomic mass is 9.92. The molecule has 104 valence electrons. The van der Waals surface area contributed by atoms with Crippen LogP contribution in [0.2, 0.25) is 5.02 Å². The van der Waals surface area contributed by atoms with E-state index < -0.39 is 0 Å². The molecule has 1 atom stereocenters. The fourth-order valence-corrected chi connectivity index (χ4v) is 3.82. The summed E-state index contributed by atoms with van der Waals surface area (Å²) in [7, 11) is 0. The number of phenolic OH excluding ortho intramolecular Hbond substituents is 1. The van der Waals surface area contributed by atoms with E-state index in [9.17, 15) is 9.90 Å². The summed E-state index contributed by atoms with van der Waals surface area (Å²) < 4.78 is 0. The van der Waals surface area contributed by atoms with Crippen LogP contribution in [0.4, 0.5) is 0 Å². The molecule has 1 unspecified atom stereocenters. The first-order chi connectivity index (χ1) is 9.47. The van der Waals surface area contributed by atoms with Crippen molar-refractivity contribution in [2.45, 2.75) is 26.7 Å². The third-order valence-electron chi connectivity index (χ3n) is 3.68. The van der Waals surface area contributed by atoms with Gasteiger partial charge in [0.2, 0.25) is 0 Å². The van der Waals surface area contributed by atoms with Gasteiger partial charge < -0.3 is 5.11 Å². The molecule has 1 aliphatic carbocycles. The number of hydrogen-bond donors (Lipinski definition) is 1. The second-order valence-electron chi connectivity index (χ2n) is 5.22. The number of nitrogens with zero attached hydrogens (tertiary/aromatic N) is 1. The van der Waals surface area contributed by atoms with Gasteiger partial charge in [0.05, 0.1) is 15.6 Å². The van der Waals surface area contributed by atoms with E-state index in [0.717, 1.165) is 34.0 Å². The standard InChI is InChI=1S/C15H14ClNO2S/c1-7-3-4-11-14(13(7)19)20-15(17-11)9-5-8(2)12(18)10(16)6-9/h5-7,18H,3-4H2,1-2H3. The molecule has 20 heavy (non-hydrogen) atoms. The lowest BCUT2D eigenvalue weighted by Gasteiger charge is -2.14. The number of fused-ring (bicyclic) bond motifs is 1. The van der Waals surface area contributed by atoms with E-state index in [4.69, 9.17) is 11.6 Å². The maximum atomic E-state index is 12.2. The predicted molar refractivity (Wildman–Crippen MR) is 80.8 cm³/mol. The molecule has 5 heteroatoms. The summed E-state index contributed by atoms with van der Waals surface area (Å²) in [6, 6.07) is 3.54. The third kappa shape index (κ3) is 2.13. The van der Waals surface area contributed by atoms with Crippen molar-refractivity contribution in [2.24, 2.45) is 5.92 Å². The van der Waals surface area contributed by atoms with Crippen molar-refractivity contribution < 1.29 is 9.90 Å². The third-order valence-corrected chi connectivity index (χ3v) is 5.13. The lowest BCUT2D eigenvalue weighted by Crippen LogP contribution is -2.18. The average Bonchev–Trinajstić information content (AvgIpc) is 2.84. The molecule has 0 saturated heterocycles. The minimum atomic E-state index is 0.0842. The Balaban J connectivity index is 2.09. The van der Waals surface area contributed by atoms with Gasteiger partial charge in [-0.2, -0.15) is 0 Å². The summed E-state index contributed by atoms with van der Waals surface area (Å²) in [5.74, 6) is 0.374. The van der Waals surface area contributed by atoms with Crippen molar-refractivity contribution in [2.75, 3.05) is 0 Å². The first-order valence-corrected chi connectivity index (χ1v) is 7.70. The summed E-state index contributed by atoms with van der Waals surface area (Å²) in [4.78, 5) is 17.5. The van der Waals surface area contributed by atoms with Gasteiger partial charge in [0.25, 0.3) is 0 Å².